The van der Waals surface area contributed by atoms with Crippen LogP contribution in [0.3, 0.4) is 0 Å². The van der Waals surface area contributed by atoms with Crippen molar-refractivity contribution in [2.24, 2.45) is 0 Å². The summed E-state index contributed by atoms with van der Waals surface area (Å²) in [5, 5.41) is 11.5. The Hall–Kier alpha value is -3.02. The van der Waals surface area contributed by atoms with Crippen molar-refractivity contribution >= 4 is 5.69 Å². The van der Waals surface area contributed by atoms with Crippen molar-refractivity contribution in [1.29, 1.82) is 0 Å². The molecule has 6 heteroatoms. The van der Waals surface area contributed by atoms with Gasteiger partial charge in [-0.2, -0.15) is 0 Å². The van der Waals surface area contributed by atoms with E-state index in [1.54, 1.807) is 7.11 Å². The van der Waals surface area contributed by atoms with Crippen molar-refractivity contribution in [2.45, 2.75) is 26.5 Å². The van der Waals surface area contributed by atoms with Crippen LogP contribution < -0.4 is 14.8 Å². The number of hydrogen-bond donors (Lipinski definition) is 1. The quantitative estimate of drug-likeness (QED) is 0.697. The summed E-state index contributed by atoms with van der Waals surface area (Å²) in [6.45, 7) is 4.39. The molecule has 0 saturated heterocycles. The van der Waals surface area contributed by atoms with Crippen LogP contribution in [0, 0.1) is 0 Å². The molecule has 25 heavy (non-hydrogen) atoms. The van der Waals surface area contributed by atoms with Crippen LogP contribution in [-0.2, 0) is 6.54 Å². The number of methoxy groups -OCH3 is 1. The third-order valence-electron chi connectivity index (χ3n) is 3.48. The first-order chi connectivity index (χ1) is 12.2. The van der Waals surface area contributed by atoms with Crippen LogP contribution in [0.25, 0.3) is 11.5 Å². The van der Waals surface area contributed by atoms with Crippen LogP contribution in [0.5, 0.6) is 11.5 Å². The van der Waals surface area contributed by atoms with Gasteiger partial charge in [0.15, 0.2) is 0 Å². The molecule has 1 heterocycles. The van der Waals surface area contributed by atoms with Gasteiger partial charge in [0, 0.05) is 0 Å². The summed E-state index contributed by atoms with van der Waals surface area (Å²) < 4.78 is 16.9. The highest BCUT2D eigenvalue weighted by Crippen LogP contribution is 2.29. The SMILES string of the molecule is COc1ccccc1-c1nnc(CNc2ccccc2OC(C)C)o1. The number of hydrogen-bond acceptors (Lipinski definition) is 6. The number of rotatable bonds is 7. The summed E-state index contributed by atoms with van der Waals surface area (Å²) in [6, 6.07) is 15.3. The van der Waals surface area contributed by atoms with Gasteiger partial charge in [-0.05, 0) is 38.1 Å². The average molecular weight is 339 g/mol. The smallest absolute Gasteiger partial charge is 0.251 e. The van der Waals surface area contributed by atoms with Crippen LogP contribution in [0.1, 0.15) is 19.7 Å². The minimum Gasteiger partial charge on any atom is -0.496 e. The normalized spacial score (nSPS) is 10.7. The standard InChI is InChI=1S/C19H21N3O3/c1-13(2)24-17-11-7-5-9-15(17)20-12-18-21-22-19(25-18)14-8-4-6-10-16(14)23-3/h4-11,13,20H,12H2,1-3H3. The topological polar surface area (TPSA) is 69.4 Å². The van der Waals surface area contributed by atoms with Crippen molar-refractivity contribution < 1.29 is 13.9 Å². The van der Waals surface area contributed by atoms with Crippen LogP contribution in [-0.4, -0.2) is 23.4 Å². The third-order valence-corrected chi connectivity index (χ3v) is 3.48. The van der Waals surface area contributed by atoms with Gasteiger partial charge in [0.2, 0.25) is 5.89 Å². The lowest BCUT2D eigenvalue weighted by atomic mass is 10.2. The summed E-state index contributed by atoms with van der Waals surface area (Å²) >= 11 is 0. The maximum atomic E-state index is 5.79. The third kappa shape index (κ3) is 4.09. The molecule has 3 aromatic rings. The van der Waals surface area contributed by atoms with Gasteiger partial charge < -0.3 is 19.2 Å². The van der Waals surface area contributed by atoms with Gasteiger partial charge >= 0.3 is 0 Å². The van der Waals surface area contributed by atoms with E-state index in [2.05, 4.69) is 15.5 Å². The monoisotopic (exact) mass is 339 g/mol. The second kappa shape index (κ2) is 7.70. The highest BCUT2D eigenvalue weighted by Gasteiger charge is 2.13. The van der Waals surface area contributed by atoms with Gasteiger partial charge in [-0.3, -0.25) is 0 Å². The molecule has 2 aromatic carbocycles. The first kappa shape index (κ1) is 16.8. The highest BCUT2D eigenvalue weighted by atomic mass is 16.5. The summed E-state index contributed by atoms with van der Waals surface area (Å²) in [6.07, 6.45) is 0.100. The Labute approximate surface area is 146 Å². The van der Waals surface area contributed by atoms with Crippen LogP contribution in [0.2, 0.25) is 0 Å². The van der Waals surface area contributed by atoms with Crippen LogP contribution in [0.4, 0.5) is 5.69 Å². The summed E-state index contributed by atoms with van der Waals surface area (Å²) in [5.41, 5.74) is 1.65. The molecule has 0 bridgehead atoms. The molecule has 0 fully saturated rings. The molecule has 0 aliphatic carbocycles. The molecule has 3 rings (SSSR count). The first-order valence-corrected chi connectivity index (χ1v) is 8.12. The Morgan fingerprint density at radius 1 is 1.00 bits per heavy atom. The molecule has 0 amide bonds. The van der Waals surface area contributed by atoms with Gasteiger partial charge in [0.25, 0.3) is 5.89 Å². The Balaban J connectivity index is 1.73. The molecule has 0 radical (unpaired) electrons. The lowest BCUT2D eigenvalue weighted by Gasteiger charge is -2.14. The van der Waals surface area contributed by atoms with Gasteiger partial charge in [0.05, 0.1) is 31.0 Å². The lowest BCUT2D eigenvalue weighted by molar-refractivity contribution is 0.243. The van der Waals surface area contributed by atoms with Gasteiger partial charge in [-0.1, -0.05) is 24.3 Å². The highest BCUT2D eigenvalue weighted by molar-refractivity contribution is 5.62. The second-order valence-corrected chi connectivity index (χ2v) is 5.72. The Kier molecular flexibility index (Phi) is 5.18. The van der Waals surface area contributed by atoms with Crippen LogP contribution >= 0.6 is 0 Å². The number of aromatic nitrogens is 2. The molecule has 0 aliphatic heterocycles. The zero-order valence-electron chi connectivity index (χ0n) is 14.5. The molecule has 130 valence electrons. The van der Waals surface area contributed by atoms with Crippen molar-refractivity contribution in [2.75, 3.05) is 12.4 Å². The molecule has 6 nitrogen and oxygen atoms in total. The summed E-state index contributed by atoms with van der Waals surface area (Å²) in [5.74, 6) is 2.41. The van der Waals surface area contributed by atoms with E-state index in [9.17, 15) is 0 Å². The summed E-state index contributed by atoms with van der Waals surface area (Å²) in [4.78, 5) is 0. The van der Waals surface area contributed by atoms with E-state index in [-0.39, 0.29) is 6.10 Å². The molecular formula is C19H21N3O3. The zero-order chi connectivity index (χ0) is 17.6. The van der Waals surface area contributed by atoms with Crippen LogP contribution in [0.15, 0.2) is 52.9 Å². The van der Waals surface area contributed by atoms with Crippen molar-refractivity contribution in [3.8, 4) is 23.0 Å². The van der Waals surface area contributed by atoms with E-state index in [1.807, 2.05) is 62.4 Å². The van der Waals surface area contributed by atoms with E-state index in [0.717, 1.165) is 17.0 Å². The molecule has 0 spiro atoms. The molecule has 1 N–H and O–H groups in total. The molecule has 0 saturated carbocycles. The average Bonchev–Trinajstić information content (AvgIpc) is 3.09. The van der Waals surface area contributed by atoms with E-state index < -0.39 is 0 Å². The fraction of sp³-hybridized carbons (Fsp3) is 0.263. The molecule has 0 atom stereocenters. The predicted molar refractivity (Wildman–Crippen MR) is 95.8 cm³/mol. The summed E-state index contributed by atoms with van der Waals surface area (Å²) in [7, 11) is 1.61. The first-order valence-electron chi connectivity index (χ1n) is 8.12. The maximum absolute atomic E-state index is 5.79. The molecular weight excluding hydrogens is 318 g/mol. The van der Waals surface area contributed by atoms with E-state index in [1.165, 1.54) is 0 Å². The van der Waals surface area contributed by atoms with E-state index in [4.69, 9.17) is 13.9 Å². The number of benzene rings is 2. The minimum atomic E-state index is 0.100. The Morgan fingerprint density at radius 2 is 1.72 bits per heavy atom. The number of para-hydroxylation sites is 3. The molecule has 1 aromatic heterocycles. The zero-order valence-corrected chi connectivity index (χ0v) is 14.5. The fourth-order valence-corrected chi connectivity index (χ4v) is 2.40. The number of nitrogens with zero attached hydrogens (tertiary/aromatic N) is 2. The fourth-order valence-electron chi connectivity index (χ4n) is 2.40. The van der Waals surface area contributed by atoms with Crippen molar-refractivity contribution in [1.82, 2.24) is 10.2 Å². The number of nitrogens with one attached hydrogen (secondary N) is 1. The molecule has 0 aliphatic rings. The number of ether oxygens (including phenoxy) is 2. The Morgan fingerprint density at radius 3 is 2.48 bits per heavy atom. The second-order valence-electron chi connectivity index (χ2n) is 5.72. The van der Waals surface area contributed by atoms with Gasteiger partial charge in [0.1, 0.15) is 11.5 Å². The van der Waals surface area contributed by atoms with Gasteiger partial charge in [-0.25, -0.2) is 0 Å². The molecule has 0 unspecified atom stereocenters. The predicted octanol–water partition coefficient (Wildman–Crippen LogP) is 4.14. The van der Waals surface area contributed by atoms with E-state index >= 15 is 0 Å². The Bertz CT molecular complexity index is 830. The van der Waals surface area contributed by atoms with E-state index in [0.29, 0.717) is 24.1 Å². The maximum Gasteiger partial charge on any atom is 0.251 e. The van der Waals surface area contributed by atoms with Crippen molar-refractivity contribution in [3.63, 3.8) is 0 Å². The van der Waals surface area contributed by atoms with Gasteiger partial charge in [-0.15, -0.1) is 10.2 Å². The number of anilines is 1. The van der Waals surface area contributed by atoms with Crippen molar-refractivity contribution in [3.05, 3.63) is 54.4 Å². The minimum absolute atomic E-state index is 0.100. The lowest BCUT2D eigenvalue weighted by Crippen LogP contribution is -2.08. The largest absolute Gasteiger partial charge is 0.496 e.